The molecule has 0 amide bonds. The van der Waals surface area contributed by atoms with Crippen LogP contribution >= 0.6 is 0 Å². The molecule has 0 aliphatic rings. The van der Waals surface area contributed by atoms with Crippen LogP contribution in [0.3, 0.4) is 0 Å². The summed E-state index contributed by atoms with van der Waals surface area (Å²) in [5, 5.41) is 8.56. The van der Waals surface area contributed by atoms with Crippen LogP contribution in [0.15, 0.2) is 0 Å². The zero-order valence-corrected chi connectivity index (χ0v) is 16.1. The van der Waals surface area contributed by atoms with Crippen LogP contribution in [-0.4, -0.2) is 11.1 Å². The van der Waals surface area contributed by atoms with Gasteiger partial charge in [-0.3, -0.25) is 4.79 Å². The summed E-state index contributed by atoms with van der Waals surface area (Å²) < 4.78 is 0. The number of hydrogen-bond donors (Lipinski definition) is 1. The molecule has 0 aromatic carbocycles. The maximum absolute atomic E-state index is 10.4. The number of carboxylic acid groups (broad SMARTS) is 1. The first kappa shape index (κ1) is 22.5. The van der Waals surface area contributed by atoms with E-state index in [1.54, 1.807) is 0 Å². The quantitative estimate of drug-likeness (QED) is 0.287. The normalized spacial score (nSPS) is 12.7. The molecular weight excluding hydrogens is 284 g/mol. The molecular formula is C21H42O2. The molecule has 0 aliphatic carbocycles. The van der Waals surface area contributed by atoms with E-state index < -0.39 is 5.97 Å². The molecule has 2 nitrogen and oxygen atoms in total. The third-order valence-corrected chi connectivity index (χ3v) is 4.82. The second kappa shape index (κ2) is 16.3. The van der Waals surface area contributed by atoms with Gasteiger partial charge in [-0.2, -0.15) is 0 Å². The monoisotopic (exact) mass is 326 g/mol. The zero-order valence-electron chi connectivity index (χ0n) is 16.1. The van der Waals surface area contributed by atoms with E-state index in [1.165, 1.54) is 77.0 Å². The second-order valence-electron chi connectivity index (χ2n) is 7.90. The van der Waals surface area contributed by atoms with E-state index >= 15 is 0 Å². The van der Waals surface area contributed by atoms with Crippen molar-refractivity contribution in [1.29, 1.82) is 0 Å². The van der Waals surface area contributed by atoms with Crippen molar-refractivity contribution in [2.45, 2.75) is 117 Å². The molecule has 1 atom stereocenters. The predicted molar refractivity (Wildman–Crippen MR) is 101 cm³/mol. The summed E-state index contributed by atoms with van der Waals surface area (Å²) in [6.07, 6.45) is 18.7. The highest BCUT2D eigenvalue weighted by atomic mass is 16.4. The Hall–Kier alpha value is -0.530. The first-order chi connectivity index (χ1) is 11.0. The van der Waals surface area contributed by atoms with E-state index in [0.717, 1.165) is 24.7 Å². The summed E-state index contributed by atoms with van der Waals surface area (Å²) in [5.41, 5.74) is 0. The summed E-state index contributed by atoms with van der Waals surface area (Å²) in [7, 11) is 0. The van der Waals surface area contributed by atoms with Crippen LogP contribution in [0.1, 0.15) is 117 Å². The van der Waals surface area contributed by atoms with Gasteiger partial charge in [-0.1, -0.05) is 104 Å². The number of hydrogen-bond acceptors (Lipinski definition) is 1. The van der Waals surface area contributed by atoms with Crippen LogP contribution in [0.5, 0.6) is 0 Å². The molecule has 1 N–H and O–H groups in total. The van der Waals surface area contributed by atoms with E-state index in [4.69, 9.17) is 5.11 Å². The van der Waals surface area contributed by atoms with Gasteiger partial charge in [0.05, 0.1) is 0 Å². The van der Waals surface area contributed by atoms with Crippen molar-refractivity contribution in [2.24, 2.45) is 11.8 Å². The van der Waals surface area contributed by atoms with Crippen LogP contribution in [0.2, 0.25) is 0 Å². The van der Waals surface area contributed by atoms with Gasteiger partial charge in [-0.15, -0.1) is 0 Å². The van der Waals surface area contributed by atoms with Crippen molar-refractivity contribution in [1.82, 2.24) is 0 Å². The van der Waals surface area contributed by atoms with Gasteiger partial charge in [0.15, 0.2) is 0 Å². The smallest absolute Gasteiger partial charge is 0.303 e. The number of aliphatic carboxylic acids is 1. The van der Waals surface area contributed by atoms with Crippen LogP contribution in [-0.2, 0) is 4.79 Å². The van der Waals surface area contributed by atoms with E-state index in [2.05, 4.69) is 20.8 Å². The van der Waals surface area contributed by atoms with E-state index in [9.17, 15) is 4.79 Å². The molecule has 0 saturated carbocycles. The molecule has 1 unspecified atom stereocenters. The lowest BCUT2D eigenvalue weighted by molar-refractivity contribution is -0.137. The van der Waals surface area contributed by atoms with Crippen molar-refractivity contribution in [3.8, 4) is 0 Å². The van der Waals surface area contributed by atoms with Crippen molar-refractivity contribution in [2.75, 3.05) is 0 Å². The maximum atomic E-state index is 10.4. The Morgan fingerprint density at radius 2 is 1.04 bits per heavy atom. The lowest BCUT2D eigenvalue weighted by atomic mass is 9.95. The summed E-state index contributed by atoms with van der Waals surface area (Å²) >= 11 is 0. The lowest BCUT2D eigenvalue weighted by Gasteiger charge is -2.11. The molecule has 0 aliphatic heterocycles. The highest BCUT2D eigenvalue weighted by Gasteiger charge is 2.03. The largest absolute Gasteiger partial charge is 0.481 e. The minimum atomic E-state index is -0.654. The molecule has 0 spiro atoms. The topological polar surface area (TPSA) is 37.3 Å². The lowest BCUT2D eigenvalue weighted by Crippen LogP contribution is -1.96. The van der Waals surface area contributed by atoms with Gasteiger partial charge >= 0.3 is 5.97 Å². The molecule has 2 heteroatoms. The van der Waals surface area contributed by atoms with Gasteiger partial charge in [0.1, 0.15) is 0 Å². The first-order valence-corrected chi connectivity index (χ1v) is 10.2. The van der Waals surface area contributed by atoms with Crippen molar-refractivity contribution in [3.63, 3.8) is 0 Å². The first-order valence-electron chi connectivity index (χ1n) is 10.2. The van der Waals surface area contributed by atoms with Gasteiger partial charge < -0.3 is 5.11 Å². The summed E-state index contributed by atoms with van der Waals surface area (Å²) in [5.74, 6) is 1.12. The SMILES string of the molecule is CC(C)CCCCCC(C)CCCCCCCCCCC(=O)O. The van der Waals surface area contributed by atoms with Crippen molar-refractivity contribution in [3.05, 3.63) is 0 Å². The standard InChI is InChI=1S/C21H42O2/c1-19(2)15-11-10-13-17-20(3)16-12-8-6-4-5-7-9-14-18-21(22)23/h19-20H,4-18H2,1-3H3,(H,22,23). The van der Waals surface area contributed by atoms with Crippen LogP contribution in [0, 0.1) is 11.8 Å². The Morgan fingerprint density at radius 3 is 1.52 bits per heavy atom. The Labute approximate surface area is 145 Å². The van der Waals surface area contributed by atoms with Crippen LogP contribution in [0.4, 0.5) is 0 Å². The molecule has 0 bridgehead atoms. The molecule has 0 heterocycles. The third kappa shape index (κ3) is 19.4. The number of unbranched alkanes of at least 4 members (excludes halogenated alkanes) is 9. The summed E-state index contributed by atoms with van der Waals surface area (Å²) in [4.78, 5) is 10.4. The highest BCUT2D eigenvalue weighted by molar-refractivity contribution is 5.66. The second-order valence-corrected chi connectivity index (χ2v) is 7.90. The van der Waals surface area contributed by atoms with Gasteiger partial charge in [0.25, 0.3) is 0 Å². The predicted octanol–water partition coefficient (Wildman–Crippen LogP) is 7.21. The Balaban J connectivity index is 3.17. The molecule has 0 aromatic heterocycles. The van der Waals surface area contributed by atoms with Gasteiger partial charge in [-0.25, -0.2) is 0 Å². The average Bonchev–Trinajstić information content (AvgIpc) is 2.48. The van der Waals surface area contributed by atoms with E-state index in [-0.39, 0.29) is 0 Å². The van der Waals surface area contributed by atoms with Crippen molar-refractivity contribution >= 4 is 5.97 Å². The van der Waals surface area contributed by atoms with Crippen LogP contribution in [0.25, 0.3) is 0 Å². The maximum Gasteiger partial charge on any atom is 0.303 e. The fraction of sp³-hybridized carbons (Fsp3) is 0.952. The number of carboxylic acids is 1. The molecule has 0 radical (unpaired) electrons. The number of rotatable bonds is 17. The van der Waals surface area contributed by atoms with Crippen LogP contribution < -0.4 is 0 Å². The van der Waals surface area contributed by atoms with Crippen molar-refractivity contribution < 1.29 is 9.90 Å². The van der Waals surface area contributed by atoms with E-state index in [1.807, 2.05) is 0 Å². The fourth-order valence-electron chi connectivity index (χ4n) is 3.20. The molecule has 0 fully saturated rings. The summed E-state index contributed by atoms with van der Waals surface area (Å²) in [6, 6.07) is 0. The average molecular weight is 327 g/mol. The molecule has 0 aromatic rings. The Morgan fingerprint density at radius 1 is 0.652 bits per heavy atom. The van der Waals surface area contributed by atoms with Gasteiger partial charge in [0, 0.05) is 6.42 Å². The molecule has 0 saturated heterocycles. The van der Waals surface area contributed by atoms with Gasteiger partial charge in [-0.05, 0) is 18.3 Å². The zero-order chi connectivity index (χ0) is 17.3. The highest BCUT2D eigenvalue weighted by Crippen LogP contribution is 2.19. The third-order valence-electron chi connectivity index (χ3n) is 4.82. The summed E-state index contributed by atoms with van der Waals surface area (Å²) in [6.45, 7) is 7.06. The Bertz CT molecular complexity index is 261. The van der Waals surface area contributed by atoms with Gasteiger partial charge in [0.2, 0.25) is 0 Å². The molecule has 23 heavy (non-hydrogen) atoms. The molecule has 138 valence electrons. The number of carbonyl (C=O) groups is 1. The minimum absolute atomic E-state index is 0.343. The Kier molecular flexibility index (Phi) is 16.0. The minimum Gasteiger partial charge on any atom is -0.481 e. The fourth-order valence-corrected chi connectivity index (χ4v) is 3.20. The molecule has 0 rings (SSSR count). The van der Waals surface area contributed by atoms with E-state index in [0.29, 0.717) is 6.42 Å².